The molecule has 3 atom stereocenters. The van der Waals surface area contributed by atoms with Crippen molar-refractivity contribution >= 4 is 7.92 Å². The van der Waals surface area contributed by atoms with Gasteiger partial charge in [0.25, 0.3) is 0 Å². The maximum absolute atomic E-state index is 2.62. The molecule has 152 valence electrons. The minimum absolute atomic E-state index is 0.213. The Morgan fingerprint density at radius 1 is 0.536 bits per heavy atom. The predicted molar refractivity (Wildman–Crippen MR) is 129 cm³/mol. The normalized spacial score (nSPS) is 37.2. The summed E-state index contributed by atoms with van der Waals surface area (Å²) in [4.78, 5) is 0. The fourth-order valence-corrected chi connectivity index (χ4v) is 12.7. The highest BCUT2D eigenvalue weighted by Crippen LogP contribution is 2.74. The van der Waals surface area contributed by atoms with Crippen LogP contribution in [0.3, 0.4) is 0 Å². The monoisotopic (exact) mass is 394 g/mol. The highest BCUT2D eigenvalue weighted by Gasteiger charge is 2.53. The molecule has 0 fully saturated rings. The first-order valence-corrected chi connectivity index (χ1v) is 12.1. The molecule has 3 unspecified atom stereocenters. The largest absolute Gasteiger partial charge is 0.0756 e. The van der Waals surface area contributed by atoms with Crippen molar-refractivity contribution in [3.63, 3.8) is 0 Å². The van der Waals surface area contributed by atoms with Crippen LogP contribution in [0.4, 0.5) is 0 Å². The first-order valence-electron chi connectivity index (χ1n) is 10.8. The summed E-state index contributed by atoms with van der Waals surface area (Å²) in [6, 6.07) is 0. The summed E-state index contributed by atoms with van der Waals surface area (Å²) in [5.74, 6) is 0. The van der Waals surface area contributed by atoms with Gasteiger partial charge in [-0.2, -0.15) is 0 Å². The van der Waals surface area contributed by atoms with E-state index in [1.165, 1.54) is 52.7 Å². The Hall–Kier alpha value is -1.13. The van der Waals surface area contributed by atoms with Gasteiger partial charge in [0.2, 0.25) is 0 Å². The molecule has 0 radical (unpaired) electrons. The number of allylic oxidation sites excluding steroid dienone is 12. The van der Waals surface area contributed by atoms with Crippen LogP contribution in [-0.2, 0) is 0 Å². The molecular weight excluding hydrogens is 355 g/mol. The van der Waals surface area contributed by atoms with Gasteiger partial charge in [-0.25, -0.2) is 0 Å². The summed E-state index contributed by atoms with van der Waals surface area (Å²) in [6.07, 6.45) is 18.6. The lowest BCUT2D eigenvalue weighted by Gasteiger charge is -2.57. The molecule has 0 aliphatic heterocycles. The van der Waals surface area contributed by atoms with E-state index in [9.17, 15) is 0 Å². The molecule has 0 spiro atoms. The summed E-state index contributed by atoms with van der Waals surface area (Å²) in [7, 11) is -0.373. The van der Waals surface area contributed by atoms with E-state index in [0.717, 1.165) is 0 Å². The maximum atomic E-state index is 2.62. The van der Waals surface area contributed by atoms with Crippen LogP contribution in [-0.4, -0.2) is 15.5 Å². The van der Waals surface area contributed by atoms with E-state index in [1.54, 1.807) is 0 Å². The molecule has 28 heavy (non-hydrogen) atoms. The Kier molecular flexibility index (Phi) is 5.61. The van der Waals surface area contributed by atoms with Crippen molar-refractivity contribution in [3.05, 3.63) is 69.9 Å². The standard InChI is InChI=1S/C27H39P/c1-19-10-20(2)14-25(7,13-19)28(26(8)15-21(3)11-22(4)16-26)27(9)17-23(5)12-24(6)18-27/h10-13,15,17H,14,16,18H2,1-9H3. The lowest BCUT2D eigenvalue weighted by Crippen LogP contribution is -2.44. The van der Waals surface area contributed by atoms with Crippen molar-refractivity contribution in [1.82, 2.24) is 0 Å². The first kappa shape index (κ1) is 21.6. The van der Waals surface area contributed by atoms with E-state index in [4.69, 9.17) is 0 Å². The third-order valence-corrected chi connectivity index (χ3v) is 10.4. The highest BCUT2D eigenvalue weighted by molar-refractivity contribution is 7.63. The highest BCUT2D eigenvalue weighted by atomic mass is 31.1. The summed E-state index contributed by atoms with van der Waals surface area (Å²) in [5, 5.41) is 0.639. The van der Waals surface area contributed by atoms with Gasteiger partial charge in [-0.05, 0) is 60.8 Å². The van der Waals surface area contributed by atoms with E-state index in [2.05, 4.69) is 98.8 Å². The average Bonchev–Trinajstić information content (AvgIpc) is 2.40. The Labute approximate surface area is 175 Å². The molecule has 3 aliphatic rings. The van der Waals surface area contributed by atoms with Gasteiger partial charge < -0.3 is 0 Å². The molecule has 0 nitrogen and oxygen atoms in total. The first-order chi connectivity index (χ1) is 12.9. The molecule has 0 saturated heterocycles. The lowest BCUT2D eigenvalue weighted by molar-refractivity contribution is 0.622. The molecule has 0 heterocycles. The topological polar surface area (TPSA) is 0 Å². The molecule has 3 aliphatic carbocycles. The minimum atomic E-state index is -0.373. The predicted octanol–water partition coefficient (Wildman–Crippen LogP) is 8.63. The van der Waals surface area contributed by atoms with Crippen LogP contribution in [0.2, 0.25) is 0 Å². The van der Waals surface area contributed by atoms with Crippen LogP contribution in [0.1, 0.15) is 81.6 Å². The molecule has 0 saturated carbocycles. The molecule has 0 aromatic rings. The van der Waals surface area contributed by atoms with Crippen LogP contribution in [0.15, 0.2) is 69.9 Å². The minimum Gasteiger partial charge on any atom is -0.0756 e. The molecule has 0 aromatic heterocycles. The Bertz CT molecular complexity index is 745. The fraction of sp³-hybridized carbons (Fsp3) is 0.556. The summed E-state index contributed by atoms with van der Waals surface area (Å²) in [5.41, 5.74) is 8.94. The smallest absolute Gasteiger partial charge is 0.0114 e. The molecule has 0 bridgehead atoms. The van der Waals surface area contributed by atoms with Gasteiger partial charge in [0.05, 0.1) is 0 Å². The Morgan fingerprint density at radius 2 is 0.786 bits per heavy atom. The van der Waals surface area contributed by atoms with E-state index in [1.807, 2.05) is 0 Å². The van der Waals surface area contributed by atoms with Gasteiger partial charge in [-0.3, -0.25) is 0 Å². The van der Waals surface area contributed by atoms with Gasteiger partial charge in [0.1, 0.15) is 0 Å². The van der Waals surface area contributed by atoms with Gasteiger partial charge >= 0.3 is 0 Å². The van der Waals surface area contributed by atoms with Crippen LogP contribution in [0.5, 0.6) is 0 Å². The van der Waals surface area contributed by atoms with Gasteiger partial charge in [0, 0.05) is 15.5 Å². The van der Waals surface area contributed by atoms with Gasteiger partial charge in [-0.15, -0.1) is 0 Å². The van der Waals surface area contributed by atoms with Gasteiger partial charge in [0.15, 0.2) is 0 Å². The quantitative estimate of drug-likeness (QED) is 0.420. The second-order valence-electron chi connectivity index (χ2n) is 10.6. The van der Waals surface area contributed by atoms with E-state index in [-0.39, 0.29) is 23.4 Å². The second kappa shape index (κ2) is 7.28. The molecular formula is C27H39P. The number of hydrogen-bond acceptors (Lipinski definition) is 0. The van der Waals surface area contributed by atoms with Crippen molar-refractivity contribution in [2.24, 2.45) is 0 Å². The zero-order valence-electron chi connectivity index (χ0n) is 19.5. The third-order valence-electron chi connectivity index (χ3n) is 6.48. The summed E-state index contributed by atoms with van der Waals surface area (Å²) >= 11 is 0. The van der Waals surface area contributed by atoms with E-state index >= 15 is 0 Å². The molecule has 1 heteroatoms. The number of hydrogen-bond donors (Lipinski definition) is 0. The van der Waals surface area contributed by atoms with Crippen LogP contribution < -0.4 is 0 Å². The average molecular weight is 395 g/mol. The zero-order chi connectivity index (χ0) is 20.9. The van der Waals surface area contributed by atoms with Crippen LogP contribution in [0.25, 0.3) is 0 Å². The molecule has 0 aromatic carbocycles. The zero-order valence-corrected chi connectivity index (χ0v) is 20.4. The van der Waals surface area contributed by atoms with Crippen LogP contribution >= 0.6 is 7.92 Å². The summed E-state index contributed by atoms with van der Waals surface area (Å²) < 4.78 is 0. The molecule has 3 rings (SSSR count). The maximum Gasteiger partial charge on any atom is 0.0114 e. The van der Waals surface area contributed by atoms with Crippen molar-refractivity contribution in [1.29, 1.82) is 0 Å². The van der Waals surface area contributed by atoms with Gasteiger partial charge in [-0.1, -0.05) is 98.6 Å². The Morgan fingerprint density at radius 3 is 1.00 bits per heavy atom. The molecule has 0 N–H and O–H groups in total. The SMILES string of the molecule is CC1=CC(C)(P(C2(C)C=C(C)C=C(C)C2)C2(C)C=C(C)C=C(C)C2)CC(C)=C1. The van der Waals surface area contributed by atoms with Crippen LogP contribution in [0, 0.1) is 0 Å². The fourth-order valence-electron chi connectivity index (χ4n) is 6.94. The summed E-state index contributed by atoms with van der Waals surface area (Å²) in [6.45, 7) is 21.5. The second-order valence-corrected chi connectivity index (χ2v) is 14.3. The van der Waals surface area contributed by atoms with Crippen molar-refractivity contribution in [2.75, 3.05) is 0 Å². The lowest BCUT2D eigenvalue weighted by atomic mass is 9.90. The van der Waals surface area contributed by atoms with Crippen molar-refractivity contribution in [2.45, 2.75) is 97.0 Å². The van der Waals surface area contributed by atoms with E-state index in [0.29, 0.717) is 0 Å². The van der Waals surface area contributed by atoms with Crippen molar-refractivity contribution < 1.29 is 0 Å². The third kappa shape index (κ3) is 4.09. The Balaban J connectivity index is 2.21. The number of rotatable bonds is 3. The molecule has 0 amide bonds. The van der Waals surface area contributed by atoms with Crippen molar-refractivity contribution in [3.8, 4) is 0 Å². The van der Waals surface area contributed by atoms with E-state index < -0.39 is 0 Å².